The summed E-state index contributed by atoms with van der Waals surface area (Å²) in [5, 5.41) is 11.2. The third-order valence-electron chi connectivity index (χ3n) is 4.87. The van der Waals surface area contributed by atoms with Gasteiger partial charge in [0.05, 0.1) is 6.54 Å². The van der Waals surface area contributed by atoms with Gasteiger partial charge in [0, 0.05) is 37.9 Å². The van der Waals surface area contributed by atoms with Gasteiger partial charge < -0.3 is 15.2 Å². The van der Waals surface area contributed by atoms with Crippen LogP contribution in [0.1, 0.15) is 30.6 Å². The maximum atomic E-state index is 4.76. The monoisotopic (exact) mass is 378 g/mol. The second-order valence-corrected chi connectivity index (χ2v) is 6.89. The Morgan fingerprint density at radius 1 is 1.25 bits per heavy atom. The van der Waals surface area contributed by atoms with Crippen molar-refractivity contribution in [1.82, 2.24) is 34.9 Å². The first-order valence-corrected chi connectivity index (χ1v) is 9.77. The molecule has 2 N–H and O–H groups in total. The fourth-order valence-corrected chi connectivity index (χ4v) is 3.43. The van der Waals surface area contributed by atoms with Crippen molar-refractivity contribution in [2.75, 3.05) is 6.54 Å². The number of rotatable bonds is 6. The number of aromatic nitrogens is 5. The van der Waals surface area contributed by atoms with Crippen LogP contribution in [0.3, 0.4) is 0 Å². The molecular weight excluding hydrogens is 352 g/mol. The van der Waals surface area contributed by atoms with Gasteiger partial charge in [-0.25, -0.2) is 19.6 Å². The molecule has 0 fully saturated rings. The number of benzene rings is 1. The van der Waals surface area contributed by atoms with Gasteiger partial charge in [0.25, 0.3) is 0 Å². The SMILES string of the molecule is CCNC(=NCc1nccn1Cc1ccccc1)NC1CCc2ncnn2C1. The molecule has 3 aromatic rings. The Morgan fingerprint density at radius 3 is 3.00 bits per heavy atom. The van der Waals surface area contributed by atoms with E-state index in [1.54, 1.807) is 6.33 Å². The van der Waals surface area contributed by atoms with E-state index in [9.17, 15) is 0 Å². The molecule has 4 rings (SSSR count). The quantitative estimate of drug-likeness (QED) is 0.503. The predicted octanol–water partition coefficient (Wildman–Crippen LogP) is 1.59. The number of nitrogens with one attached hydrogen (secondary N) is 2. The van der Waals surface area contributed by atoms with Crippen LogP contribution in [0.2, 0.25) is 0 Å². The molecule has 1 aromatic carbocycles. The fourth-order valence-electron chi connectivity index (χ4n) is 3.43. The van der Waals surface area contributed by atoms with E-state index in [0.29, 0.717) is 6.54 Å². The zero-order chi connectivity index (χ0) is 19.2. The molecule has 8 nitrogen and oxygen atoms in total. The molecule has 28 heavy (non-hydrogen) atoms. The van der Waals surface area contributed by atoms with Gasteiger partial charge in [0.15, 0.2) is 5.96 Å². The van der Waals surface area contributed by atoms with Crippen molar-refractivity contribution >= 4 is 5.96 Å². The van der Waals surface area contributed by atoms with E-state index >= 15 is 0 Å². The molecular formula is C20H26N8. The molecule has 0 aliphatic carbocycles. The van der Waals surface area contributed by atoms with Gasteiger partial charge in [-0.2, -0.15) is 5.10 Å². The minimum absolute atomic E-state index is 0.288. The third kappa shape index (κ3) is 4.39. The first-order valence-electron chi connectivity index (χ1n) is 9.77. The Hall–Kier alpha value is -3.16. The summed E-state index contributed by atoms with van der Waals surface area (Å²) < 4.78 is 4.11. The fraction of sp³-hybridized carbons (Fsp3) is 0.400. The van der Waals surface area contributed by atoms with Crippen molar-refractivity contribution in [1.29, 1.82) is 0 Å². The van der Waals surface area contributed by atoms with Crippen LogP contribution >= 0.6 is 0 Å². The molecule has 1 aliphatic heterocycles. The third-order valence-corrected chi connectivity index (χ3v) is 4.87. The van der Waals surface area contributed by atoms with Crippen molar-refractivity contribution in [3.63, 3.8) is 0 Å². The molecule has 2 aromatic heterocycles. The van der Waals surface area contributed by atoms with Gasteiger partial charge >= 0.3 is 0 Å². The minimum Gasteiger partial charge on any atom is -0.357 e. The molecule has 1 unspecified atom stereocenters. The highest BCUT2D eigenvalue weighted by molar-refractivity contribution is 5.80. The first kappa shape index (κ1) is 18.2. The Morgan fingerprint density at radius 2 is 2.14 bits per heavy atom. The topological polar surface area (TPSA) is 84.9 Å². The van der Waals surface area contributed by atoms with Crippen LogP contribution in [-0.4, -0.2) is 42.9 Å². The summed E-state index contributed by atoms with van der Waals surface area (Å²) in [6, 6.07) is 10.7. The van der Waals surface area contributed by atoms with Crippen LogP contribution in [0.5, 0.6) is 0 Å². The van der Waals surface area contributed by atoms with Crippen LogP contribution in [0.15, 0.2) is 54.0 Å². The van der Waals surface area contributed by atoms with Crippen molar-refractivity contribution < 1.29 is 0 Å². The smallest absolute Gasteiger partial charge is 0.191 e. The number of hydrogen-bond donors (Lipinski definition) is 2. The molecule has 0 saturated carbocycles. The van der Waals surface area contributed by atoms with Gasteiger partial charge in [-0.3, -0.25) is 0 Å². The zero-order valence-electron chi connectivity index (χ0n) is 16.1. The summed E-state index contributed by atoms with van der Waals surface area (Å²) in [4.78, 5) is 13.5. The highest BCUT2D eigenvalue weighted by Crippen LogP contribution is 2.11. The van der Waals surface area contributed by atoms with E-state index in [4.69, 9.17) is 4.99 Å². The van der Waals surface area contributed by atoms with E-state index < -0.39 is 0 Å². The van der Waals surface area contributed by atoms with E-state index in [1.165, 1.54) is 5.56 Å². The highest BCUT2D eigenvalue weighted by atomic mass is 15.4. The molecule has 3 heterocycles. The maximum Gasteiger partial charge on any atom is 0.191 e. The predicted molar refractivity (Wildman–Crippen MR) is 108 cm³/mol. The lowest BCUT2D eigenvalue weighted by Gasteiger charge is -2.25. The second kappa shape index (κ2) is 8.69. The summed E-state index contributed by atoms with van der Waals surface area (Å²) in [6.07, 6.45) is 7.42. The Bertz CT molecular complexity index is 911. The Labute approximate surface area is 164 Å². The molecule has 0 amide bonds. The van der Waals surface area contributed by atoms with E-state index in [0.717, 1.165) is 50.1 Å². The van der Waals surface area contributed by atoms with E-state index in [-0.39, 0.29) is 6.04 Å². The molecule has 1 aliphatic rings. The summed E-state index contributed by atoms with van der Waals surface area (Å²) in [5.41, 5.74) is 1.25. The van der Waals surface area contributed by atoms with Crippen LogP contribution in [0, 0.1) is 0 Å². The van der Waals surface area contributed by atoms with E-state index in [2.05, 4.69) is 61.5 Å². The standard InChI is InChI=1S/C20H26N8/c1-2-21-20(26-17-8-9-18-24-15-25-28(18)14-17)23-12-19-22-10-11-27(19)13-16-6-4-3-5-7-16/h3-7,10-11,15,17H,2,8-9,12-14H2,1H3,(H2,21,23,26). The minimum atomic E-state index is 0.288. The van der Waals surface area contributed by atoms with Gasteiger partial charge in [0.1, 0.15) is 24.5 Å². The number of aliphatic imine (C=N–C) groups is 1. The largest absolute Gasteiger partial charge is 0.357 e. The van der Waals surface area contributed by atoms with Crippen LogP contribution in [-0.2, 0) is 26.1 Å². The molecule has 1 atom stereocenters. The number of imidazole rings is 1. The Balaban J connectivity index is 1.41. The maximum absolute atomic E-state index is 4.76. The number of guanidine groups is 1. The number of aryl methyl sites for hydroxylation is 1. The molecule has 0 bridgehead atoms. The molecule has 146 valence electrons. The number of nitrogens with zero attached hydrogens (tertiary/aromatic N) is 6. The van der Waals surface area contributed by atoms with Crippen molar-refractivity contribution in [2.24, 2.45) is 4.99 Å². The highest BCUT2D eigenvalue weighted by Gasteiger charge is 2.20. The summed E-state index contributed by atoms with van der Waals surface area (Å²) in [6.45, 7) is 5.02. The number of fused-ring (bicyclic) bond motifs is 1. The zero-order valence-corrected chi connectivity index (χ0v) is 16.1. The molecule has 0 saturated heterocycles. The second-order valence-electron chi connectivity index (χ2n) is 6.89. The van der Waals surface area contributed by atoms with Gasteiger partial charge in [-0.1, -0.05) is 30.3 Å². The normalized spacial score (nSPS) is 16.6. The average molecular weight is 378 g/mol. The van der Waals surface area contributed by atoms with Crippen LogP contribution < -0.4 is 10.6 Å². The van der Waals surface area contributed by atoms with Gasteiger partial charge in [-0.05, 0) is 18.9 Å². The lowest BCUT2D eigenvalue weighted by Crippen LogP contribution is -2.47. The molecule has 0 radical (unpaired) electrons. The summed E-state index contributed by atoms with van der Waals surface area (Å²) in [7, 11) is 0. The average Bonchev–Trinajstić information content (AvgIpc) is 3.36. The first-order chi connectivity index (χ1) is 13.8. The summed E-state index contributed by atoms with van der Waals surface area (Å²) in [5.74, 6) is 2.82. The Kier molecular flexibility index (Phi) is 5.65. The van der Waals surface area contributed by atoms with Crippen LogP contribution in [0.4, 0.5) is 0 Å². The number of hydrogen-bond acceptors (Lipinski definition) is 4. The van der Waals surface area contributed by atoms with Gasteiger partial charge in [0.2, 0.25) is 0 Å². The molecule has 8 heteroatoms. The lowest BCUT2D eigenvalue weighted by atomic mass is 10.1. The molecule has 0 spiro atoms. The van der Waals surface area contributed by atoms with Crippen LogP contribution in [0.25, 0.3) is 0 Å². The van der Waals surface area contributed by atoms with Gasteiger partial charge in [-0.15, -0.1) is 0 Å². The van der Waals surface area contributed by atoms with Crippen molar-refractivity contribution in [3.05, 3.63) is 66.3 Å². The lowest BCUT2D eigenvalue weighted by molar-refractivity contribution is 0.392. The van der Waals surface area contributed by atoms with Crippen molar-refractivity contribution in [3.8, 4) is 0 Å². The van der Waals surface area contributed by atoms with Crippen molar-refractivity contribution in [2.45, 2.75) is 45.4 Å². The summed E-state index contributed by atoms with van der Waals surface area (Å²) >= 11 is 0. The van der Waals surface area contributed by atoms with E-state index in [1.807, 2.05) is 23.1 Å².